The highest BCUT2D eigenvalue weighted by Gasteiger charge is 2.34. The molecule has 17 heavy (non-hydrogen) atoms. The Bertz CT molecular complexity index is 439. The van der Waals surface area contributed by atoms with Crippen molar-refractivity contribution < 1.29 is 14.3 Å². The molecule has 2 amide bonds. The maximum Gasteiger partial charge on any atom is 0.255 e. The van der Waals surface area contributed by atoms with E-state index in [9.17, 15) is 9.59 Å². The average Bonchev–Trinajstić information content (AvgIpc) is 2.29. The monoisotopic (exact) mass is 252 g/mol. The van der Waals surface area contributed by atoms with Gasteiger partial charge in [-0.15, -0.1) is 0 Å². The van der Waals surface area contributed by atoms with Gasteiger partial charge in [-0.05, 0) is 12.1 Å². The molecule has 0 aliphatic carbocycles. The number of β-lactam (4-membered cyclic amide) rings is 1. The van der Waals surface area contributed by atoms with E-state index in [0.717, 1.165) is 11.5 Å². The molecule has 2 bridgehead atoms. The SMILES string of the molecule is CC(=O)NN1CC(S)C1=O.c1cc2cc(c1)O2. The Hall–Kier alpha value is -1.69. The molecule has 3 heterocycles. The summed E-state index contributed by atoms with van der Waals surface area (Å²) < 4.78 is 5.01. The van der Waals surface area contributed by atoms with Gasteiger partial charge in [0.2, 0.25) is 5.91 Å². The number of benzene rings is 1. The lowest BCUT2D eigenvalue weighted by atomic mass is 10.2. The van der Waals surface area contributed by atoms with E-state index in [0.29, 0.717) is 6.54 Å². The maximum absolute atomic E-state index is 10.7. The zero-order valence-corrected chi connectivity index (χ0v) is 10.1. The van der Waals surface area contributed by atoms with Crippen molar-refractivity contribution in [2.24, 2.45) is 0 Å². The number of carbonyl (C=O) groups is 2. The predicted molar refractivity (Wildman–Crippen MR) is 64.8 cm³/mol. The second-order valence-corrected chi connectivity index (χ2v) is 4.33. The van der Waals surface area contributed by atoms with Gasteiger partial charge >= 0.3 is 0 Å². The van der Waals surface area contributed by atoms with Gasteiger partial charge in [-0.2, -0.15) is 12.6 Å². The van der Waals surface area contributed by atoms with Gasteiger partial charge in [0.05, 0.1) is 6.54 Å². The molecular weight excluding hydrogens is 240 g/mol. The first-order chi connectivity index (χ1) is 8.06. The third kappa shape index (κ3) is 2.71. The largest absolute Gasteiger partial charge is 0.457 e. The van der Waals surface area contributed by atoms with Crippen molar-refractivity contribution in [2.75, 3.05) is 6.54 Å². The Morgan fingerprint density at radius 3 is 2.35 bits per heavy atom. The van der Waals surface area contributed by atoms with Crippen LogP contribution >= 0.6 is 12.6 Å². The second-order valence-electron chi connectivity index (χ2n) is 3.71. The predicted octanol–water partition coefficient (Wildman–Crippen LogP) is 0.970. The summed E-state index contributed by atoms with van der Waals surface area (Å²) in [5.74, 6) is 1.60. The number of amides is 2. The first-order valence-electron chi connectivity index (χ1n) is 5.11. The van der Waals surface area contributed by atoms with Crippen molar-refractivity contribution in [2.45, 2.75) is 12.2 Å². The van der Waals surface area contributed by atoms with E-state index < -0.39 is 0 Å². The second kappa shape index (κ2) is 4.67. The molecule has 4 rings (SSSR count). The van der Waals surface area contributed by atoms with E-state index in [4.69, 9.17) is 4.74 Å². The van der Waals surface area contributed by atoms with Crippen LogP contribution in [0.15, 0.2) is 24.3 Å². The van der Waals surface area contributed by atoms with Crippen molar-refractivity contribution in [3.63, 3.8) is 0 Å². The van der Waals surface area contributed by atoms with Crippen molar-refractivity contribution in [1.29, 1.82) is 0 Å². The number of fused-ring (bicyclic) bond motifs is 2. The number of carbonyl (C=O) groups excluding carboxylic acids is 2. The lowest BCUT2D eigenvalue weighted by Crippen LogP contribution is -2.61. The molecule has 1 saturated heterocycles. The summed E-state index contributed by atoms with van der Waals surface area (Å²) in [6.45, 7) is 1.86. The van der Waals surface area contributed by atoms with Crippen molar-refractivity contribution in [3.05, 3.63) is 24.3 Å². The highest BCUT2D eigenvalue weighted by Crippen LogP contribution is 2.32. The Balaban J connectivity index is 0.000000134. The third-order valence-electron chi connectivity index (χ3n) is 2.24. The quantitative estimate of drug-likeness (QED) is 0.587. The summed E-state index contributed by atoms with van der Waals surface area (Å²) >= 11 is 3.92. The summed E-state index contributed by atoms with van der Waals surface area (Å²) in [4.78, 5) is 21.1. The number of rotatable bonds is 1. The fraction of sp³-hybridized carbons (Fsp3) is 0.273. The van der Waals surface area contributed by atoms with E-state index in [1.165, 1.54) is 11.9 Å². The maximum atomic E-state index is 10.7. The Morgan fingerprint density at radius 1 is 1.53 bits per heavy atom. The lowest BCUT2D eigenvalue weighted by Gasteiger charge is -2.34. The zero-order chi connectivity index (χ0) is 12.4. The van der Waals surface area contributed by atoms with Crippen LogP contribution in [0.3, 0.4) is 0 Å². The standard InChI is InChI=1S/C6H4O.C5H8N2O2S/c1-2-5-4-6(3-1)7-5;1-3(8)6-7-2-4(10)5(7)9/h1-4H;4,10H,2H2,1H3,(H,6,8). The summed E-state index contributed by atoms with van der Waals surface area (Å²) in [5.41, 5.74) is 2.36. The fourth-order valence-corrected chi connectivity index (χ4v) is 1.68. The number of ether oxygens (including phenoxy) is 1. The molecule has 5 nitrogen and oxygen atoms in total. The first-order valence-corrected chi connectivity index (χ1v) is 5.62. The van der Waals surface area contributed by atoms with Crippen LogP contribution in [0.1, 0.15) is 6.92 Å². The van der Waals surface area contributed by atoms with Crippen molar-refractivity contribution in [3.8, 4) is 11.5 Å². The van der Waals surface area contributed by atoms with E-state index in [1.54, 1.807) is 0 Å². The number of nitrogens with zero attached hydrogens (tertiary/aromatic N) is 1. The Labute approximate surface area is 104 Å². The molecule has 0 saturated carbocycles. The van der Waals surface area contributed by atoms with Gasteiger partial charge in [-0.1, -0.05) is 6.07 Å². The molecule has 1 fully saturated rings. The van der Waals surface area contributed by atoms with Gasteiger partial charge < -0.3 is 4.74 Å². The molecule has 1 aromatic carbocycles. The van der Waals surface area contributed by atoms with Crippen LogP contribution in [0, 0.1) is 0 Å². The Morgan fingerprint density at radius 2 is 2.12 bits per heavy atom. The molecule has 1 N–H and O–H groups in total. The van der Waals surface area contributed by atoms with Gasteiger partial charge in [-0.3, -0.25) is 20.0 Å². The molecule has 6 heteroatoms. The molecule has 3 aliphatic heterocycles. The summed E-state index contributed by atoms with van der Waals surface area (Å²) in [6.07, 6.45) is 0. The lowest BCUT2D eigenvalue weighted by molar-refractivity contribution is -0.148. The highest BCUT2D eigenvalue weighted by atomic mass is 32.1. The van der Waals surface area contributed by atoms with Crippen LogP contribution in [0.5, 0.6) is 11.5 Å². The van der Waals surface area contributed by atoms with E-state index in [1.807, 2.05) is 24.3 Å². The minimum atomic E-state index is -0.230. The fourth-order valence-electron chi connectivity index (χ4n) is 1.38. The van der Waals surface area contributed by atoms with Crippen LogP contribution in [0.4, 0.5) is 0 Å². The van der Waals surface area contributed by atoms with Gasteiger partial charge in [-0.25, -0.2) is 0 Å². The minimum Gasteiger partial charge on any atom is -0.457 e. The van der Waals surface area contributed by atoms with E-state index in [2.05, 4.69) is 18.1 Å². The van der Waals surface area contributed by atoms with E-state index in [-0.39, 0.29) is 17.1 Å². The summed E-state index contributed by atoms with van der Waals surface area (Å²) in [5, 5.41) is 1.02. The zero-order valence-electron chi connectivity index (χ0n) is 9.21. The summed E-state index contributed by atoms with van der Waals surface area (Å²) in [6, 6.07) is 7.86. The van der Waals surface area contributed by atoms with Crippen LogP contribution in [-0.2, 0) is 9.59 Å². The molecule has 1 unspecified atom stereocenters. The minimum absolute atomic E-state index is 0.140. The Kier molecular flexibility index (Phi) is 3.23. The number of hydrogen-bond donors (Lipinski definition) is 2. The van der Waals surface area contributed by atoms with Crippen LogP contribution in [0.2, 0.25) is 0 Å². The molecule has 90 valence electrons. The van der Waals surface area contributed by atoms with Gasteiger partial charge in [0.1, 0.15) is 16.7 Å². The van der Waals surface area contributed by atoms with Gasteiger partial charge in [0.15, 0.2) is 0 Å². The molecule has 0 radical (unpaired) electrons. The smallest absolute Gasteiger partial charge is 0.255 e. The number of thiol groups is 1. The molecular formula is C11H12N2O3S. The van der Waals surface area contributed by atoms with Crippen LogP contribution in [-0.4, -0.2) is 28.6 Å². The van der Waals surface area contributed by atoms with E-state index >= 15 is 0 Å². The molecule has 0 aromatic heterocycles. The molecule has 1 atom stereocenters. The number of hydrogen-bond acceptors (Lipinski definition) is 4. The first kappa shape index (κ1) is 11.8. The molecule has 3 aliphatic rings. The highest BCUT2D eigenvalue weighted by molar-refractivity contribution is 7.82. The number of hydrazine groups is 1. The van der Waals surface area contributed by atoms with Crippen molar-refractivity contribution in [1.82, 2.24) is 10.4 Å². The van der Waals surface area contributed by atoms with Crippen molar-refractivity contribution >= 4 is 24.4 Å². The third-order valence-corrected chi connectivity index (χ3v) is 2.62. The van der Waals surface area contributed by atoms with Crippen LogP contribution in [0.25, 0.3) is 0 Å². The van der Waals surface area contributed by atoms with Crippen LogP contribution < -0.4 is 10.2 Å². The van der Waals surface area contributed by atoms with Gasteiger partial charge in [0.25, 0.3) is 5.91 Å². The normalized spacial score (nSPS) is 19.1. The molecule has 0 spiro atoms. The number of nitrogens with one attached hydrogen (secondary N) is 1. The topological polar surface area (TPSA) is 58.6 Å². The summed E-state index contributed by atoms with van der Waals surface area (Å²) in [7, 11) is 0. The average molecular weight is 252 g/mol. The molecule has 1 aromatic rings. The van der Waals surface area contributed by atoms with Gasteiger partial charge in [0, 0.05) is 13.0 Å².